The summed E-state index contributed by atoms with van der Waals surface area (Å²) in [5.41, 5.74) is -0.0380. The van der Waals surface area contributed by atoms with Gasteiger partial charge in [0.2, 0.25) is 0 Å². The highest BCUT2D eigenvalue weighted by molar-refractivity contribution is 7.92. The van der Waals surface area contributed by atoms with Gasteiger partial charge in [0, 0.05) is 6.07 Å². The van der Waals surface area contributed by atoms with E-state index < -0.39 is 21.0 Å². The third-order valence-electron chi connectivity index (χ3n) is 2.47. The number of phenolic OH excluding ortho intramolecular Hbond substituents is 1. The lowest BCUT2D eigenvalue weighted by Gasteiger charge is -2.08. The maximum absolute atomic E-state index is 12.2. The molecule has 21 heavy (non-hydrogen) atoms. The number of hydrogen-bond acceptors (Lipinski definition) is 6. The number of aromatic nitrogens is 2. The van der Waals surface area contributed by atoms with Gasteiger partial charge in [-0.15, -0.1) is 0 Å². The number of benzene rings is 1. The molecule has 0 aliphatic heterocycles. The van der Waals surface area contributed by atoms with Gasteiger partial charge in [-0.1, -0.05) is 6.07 Å². The van der Waals surface area contributed by atoms with Crippen LogP contribution in [-0.2, 0) is 14.8 Å². The lowest BCUT2D eigenvalue weighted by Crippen LogP contribution is -2.17. The second-order valence-electron chi connectivity index (χ2n) is 3.99. The zero-order chi connectivity index (χ0) is 15.5. The molecule has 0 spiro atoms. The second kappa shape index (κ2) is 5.83. The van der Waals surface area contributed by atoms with E-state index in [1.165, 1.54) is 24.3 Å². The maximum Gasteiger partial charge on any atom is 0.342 e. The Labute approximate surface area is 120 Å². The van der Waals surface area contributed by atoms with E-state index in [1.54, 1.807) is 6.92 Å². The van der Waals surface area contributed by atoms with E-state index in [2.05, 4.69) is 14.9 Å². The number of carbonyl (C=O) groups is 1. The molecule has 0 unspecified atom stereocenters. The van der Waals surface area contributed by atoms with Crippen LogP contribution in [0.25, 0.3) is 0 Å². The summed E-state index contributed by atoms with van der Waals surface area (Å²) in [6, 6.07) is 5.57. The van der Waals surface area contributed by atoms with Gasteiger partial charge in [-0.3, -0.25) is 9.82 Å². The van der Waals surface area contributed by atoms with Gasteiger partial charge >= 0.3 is 5.97 Å². The van der Waals surface area contributed by atoms with Crippen LogP contribution >= 0.6 is 0 Å². The summed E-state index contributed by atoms with van der Waals surface area (Å²) in [5, 5.41) is 14.7. The molecule has 0 radical (unpaired) electrons. The Morgan fingerprint density at radius 2 is 2.24 bits per heavy atom. The zero-order valence-electron chi connectivity index (χ0n) is 11.0. The fraction of sp³-hybridized carbons (Fsp3) is 0.167. The molecule has 0 saturated heterocycles. The van der Waals surface area contributed by atoms with Crippen molar-refractivity contribution in [3.05, 3.63) is 36.0 Å². The molecule has 8 nitrogen and oxygen atoms in total. The van der Waals surface area contributed by atoms with Crippen molar-refractivity contribution in [1.82, 2.24) is 10.2 Å². The summed E-state index contributed by atoms with van der Waals surface area (Å²) < 4.78 is 31.5. The van der Waals surface area contributed by atoms with Crippen LogP contribution in [0.15, 0.2) is 35.5 Å². The first-order chi connectivity index (χ1) is 9.94. The van der Waals surface area contributed by atoms with E-state index >= 15 is 0 Å². The first-order valence-corrected chi connectivity index (χ1v) is 7.44. The number of ether oxygens (including phenoxy) is 1. The van der Waals surface area contributed by atoms with Crippen LogP contribution in [0.2, 0.25) is 0 Å². The highest BCUT2D eigenvalue weighted by Gasteiger charge is 2.26. The minimum atomic E-state index is -4.06. The number of nitrogens with zero attached hydrogens (tertiary/aromatic N) is 1. The molecule has 0 fully saturated rings. The van der Waals surface area contributed by atoms with Crippen molar-refractivity contribution in [2.45, 2.75) is 11.9 Å². The minimum Gasteiger partial charge on any atom is -0.508 e. The van der Waals surface area contributed by atoms with Gasteiger partial charge in [0.1, 0.15) is 11.3 Å². The third-order valence-corrected chi connectivity index (χ3v) is 3.82. The molecule has 0 amide bonds. The lowest BCUT2D eigenvalue weighted by molar-refractivity contribution is 0.0522. The molecule has 3 N–H and O–H groups in total. The van der Waals surface area contributed by atoms with E-state index in [0.717, 1.165) is 6.20 Å². The molecule has 0 bridgehead atoms. The number of carbonyl (C=O) groups excluding carboxylic acids is 1. The van der Waals surface area contributed by atoms with Gasteiger partial charge in [0.25, 0.3) is 10.0 Å². The summed E-state index contributed by atoms with van der Waals surface area (Å²) in [6.45, 7) is 1.72. The Kier molecular flexibility index (Phi) is 4.13. The predicted molar refractivity (Wildman–Crippen MR) is 73.5 cm³/mol. The summed E-state index contributed by atoms with van der Waals surface area (Å²) >= 11 is 0. The molecule has 0 aliphatic carbocycles. The predicted octanol–water partition coefficient (Wildman–Crippen LogP) is 1.09. The smallest absolute Gasteiger partial charge is 0.342 e. The fourth-order valence-corrected chi connectivity index (χ4v) is 2.75. The molecular weight excluding hydrogens is 298 g/mol. The number of hydrogen-bond donors (Lipinski definition) is 3. The van der Waals surface area contributed by atoms with Gasteiger partial charge in [0.05, 0.1) is 18.5 Å². The van der Waals surface area contributed by atoms with Gasteiger partial charge in [-0.25, -0.2) is 4.79 Å². The first-order valence-electron chi connectivity index (χ1n) is 5.96. The number of H-pyrrole nitrogens is 1. The Bertz CT molecular complexity index is 754. The normalized spacial score (nSPS) is 11.1. The van der Waals surface area contributed by atoms with Crippen LogP contribution in [0.3, 0.4) is 0 Å². The number of esters is 1. The van der Waals surface area contributed by atoms with E-state index in [9.17, 15) is 18.3 Å². The van der Waals surface area contributed by atoms with E-state index in [-0.39, 0.29) is 23.6 Å². The molecule has 2 aromatic rings. The standard InChI is InChI=1S/C12H13N3O5S/c1-2-20-12(17)10-7-13-14-11(10)21(18,19)15-8-4-3-5-9(16)6-8/h3-7,15-16H,2H2,1H3,(H,13,14). The van der Waals surface area contributed by atoms with Crippen LogP contribution in [0, 0.1) is 0 Å². The maximum atomic E-state index is 12.2. The summed E-state index contributed by atoms with van der Waals surface area (Å²) in [6.07, 6.45) is 1.08. The van der Waals surface area contributed by atoms with Gasteiger partial charge in [-0.2, -0.15) is 13.5 Å². The number of anilines is 1. The zero-order valence-corrected chi connectivity index (χ0v) is 11.8. The Morgan fingerprint density at radius 1 is 1.48 bits per heavy atom. The highest BCUT2D eigenvalue weighted by atomic mass is 32.2. The van der Waals surface area contributed by atoms with Gasteiger partial charge in [-0.05, 0) is 19.1 Å². The van der Waals surface area contributed by atoms with Crippen molar-refractivity contribution in [2.75, 3.05) is 11.3 Å². The van der Waals surface area contributed by atoms with Crippen molar-refractivity contribution in [1.29, 1.82) is 0 Å². The summed E-state index contributed by atoms with van der Waals surface area (Å²) in [5.74, 6) is -0.882. The van der Waals surface area contributed by atoms with Crippen LogP contribution in [-0.4, -0.2) is 36.3 Å². The molecule has 0 aliphatic rings. The molecule has 112 valence electrons. The molecule has 1 aromatic heterocycles. The monoisotopic (exact) mass is 311 g/mol. The molecule has 0 saturated carbocycles. The number of sulfonamides is 1. The van der Waals surface area contributed by atoms with E-state index in [4.69, 9.17) is 4.74 Å². The number of rotatable bonds is 5. The Balaban J connectivity index is 2.32. The van der Waals surface area contributed by atoms with E-state index in [0.29, 0.717) is 0 Å². The van der Waals surface area contributed by atoms with Crippen LogP contribution in [0.5, 0.6) is 5.75 Å². The highest BCUT2D eigenvalue weighted by Crippen LogP contribution is 2.21. The molecule has 2 rings (SSSR count). The van der Waals surface area contributed by atoms with Crippen molar-refractivity contribution < 1.29 is 23.1 Å². The van der Waals surface area contributed by atoms with Crippen molar-refractivity contribution in [3.63, 3.8) is 0 Å². The average molecular weight is 311 g/mol. The Hall–Kier alpha value is -2.55. The largest absolute Gasteiger partial charge is 0.508 e. The number of nitrogens with one attached hydrogen (secondary N) is 2. The number of aromatic hydroxyl groups is 1. The van der Waals surface area contributed by atoms with Crippen molar-refractivity contribution in [3.8, 4) is 5.75 Å². The number of aromatic amines is 1. The second-order valence-corrected chi connectivity index (χ2v) is 5.61. The van der Waals surface area contributed by atoms with Crippen LogP contribution < -0.4 is 4.72 Å². The summed E-state index contributed by atoms with van der Waals surface area (Å²) in [7, 11) is -4.06. The summed E-state index contributed by atoms with van der Waals surface area (Å²) in [4.78, 5) is 11.7. The van der Waals surface area contributed by atoms with Crippen LogP contribution in [0.4, 0.5) is 5.69 Å². The molecule has 1 heterocycles. The minimum absolute atomic E-state index is 0.0922. The SMILES string of the molecule is CCOC(=O)c1cn[nH]c1S(=O)(=O)Nc1cccc(O)c1. The quantitative estimate of drug-likeness (QED) is 0.711. The topological polar surface area (TPSA) is 121 Å². The average Bonchev–Trinajstić information content (AvgIpc) is 2.88. The molecular formula is C12H13N3O5S. The first kappa shape index (κ1) is 14.9. The molecule has 1 aromatic carbocycles. The van der Waals surface area contributed by atoms with Crippen molar-refractivity contribution in [2.24, 2.45) is 0 Å². The lowest BCUT2D eigenvalue weighted by atomic mass is 10.3. The van der Waals surface area contributed by atoms with Crippen LogP contribution in [0.1, 0.15) is 17.3 Å². The van der Waals surface area contributed by atoms with E-state index in [1.807, 2.05) is 0 Å². The number of phenols is 1. The fourth-order valence-electron chi connectivity index (χ4n) is 1.61. The molecule has 0 atom stereocenters. The molecule has 9 heteroatoms. The van der Waals surface area contributed by atoms with Gasteiger partial charge < -0.3 is 9.84 Å². The third kappa shape index (κ3) is 3.31. The van der Waals surface area contributed by atoms with Crippen molar-refractivity contribution >= 4 is 21.7 Å². The Morgan fingerprint density at radius 3 is 2.90 bits per heavy atom. The van der Waals surface area contributed by atoms with Gasteiger partial charge in [0.15, 0.2) is 5.03 Å².